The Bertz CT molecular complexity index is 1280. The summed E-state index contributed by atoms with van der Waals surface area (Å²) in [7, 11) is -1.27. The number of phenols is 1. The number of nitro groups is 1. The molecule has 3 aliphatic rings. The standard InChI is InChI=1S/C24H22BClN2O7/c1-2-12-8-18-21(24(31)27(23(18)30)13-4-3-5-14(9-13)28(33)34)17-11-20(35-25(32)22(12)17)16-7-6-15(29)10-19(16)26/h3-7,9-10,17-18,20-21,29,32H,2,8,11H2,1H3/t17-,18-,20-,21+/m0/s1. The van der Waals surface area contributed by atoms with E-state index in [1.165, 1.54) is 36.4 Å². The normalized spacial score (nSPS) is 26.1. The quantitative estimate of drug-likeness (QED) is 0.283. The van der Waals surface area contributed by atoms with Crippen molar-refractivity contribution < 1.29 is 29.3 Å². The lowest BCUT2D eigenvalue weighted by Crippen LogP contribution is -2.44. The number of nitro benzene ring substituents is 1. The van der Waals surface area contributed by atoms with Gasteiger partial charge >= 0.3 is 7.12 Å². The number of halogens is 1. The number of amides is 2. The number of carbonyl (C=O) groups is 2. The van der Waals surface area contributed by atoms with Crippen molar-refractivity contribution in [2.24, 2.45) is 17.8 Å². The molecule has 11 heteroatoms. The molecule has 2 aromatic carbocycles. The van der Waals surface area contributed by atoms with Crippen molar-refractivity contribution in [1.29, 1.82) is 0 Å². The van der Waals surface area contributed by atoms with Crippen LogP contribution in [0.1, 0.15) is 37.9 Å². The van der Waals surface area contributed by atoms with E-state index in [1.54, 1.807) is 6.07 Å². The number of benzene rings is 2. The van der Waals surface area contributed by atoms with Gasteiger partial charge in [0, 0.05) is 17.2 Å². The van der Waals surface area contributed by atoms with E-state index in [2.05, 4.69) is 0 Å². The number of non-ortho nitro benzene ring substituents is 1. The van der Waals surface area contributed by atoms with Crippen molar-refractivity contribution in [3.05, 3.63) is 74.2 Å². The van der Waals surface area contributed by atoms with Crippen LogP contribution >= 0.6 is 11.6 Å². The molecule has 0 spiro atoms. The average molecular weight is 497 g/mol. The van der Waals surface area contributed by atoms with E-state index >= 15 is 0 Å². The lowest BCUT2D eigenvalue weighted by atomic mass is 9.55. The van der Waals surface area contributed by atoms with E-state index in [4.69, 9.17) is 16.3 Å². The number of anilines is 1. The average Bonchev–Trinajstić information content (AvgIpc) is 3.08. The van der Waals surface area contributed by atoms with E-state index in [0.29, 0.717) is 30.3 Å². The number of fused-ring (bicyclic) bond motifs is 3. The van der Waals surface area contributed by atoms with E-state index in [9.17, 15) is 29.8 Å². The Labute approximate surface area is 206 Å². The molecule has 9 nitrogen and oxygen atoms in total. The molecule has 2 heterocycles. The molecule has 5 rings (SSSR count). The smallest absolute Gasteiger partial charge is 0.487 e. The zero-order chi connectivity index (χ0) is 25.0. The maximum Gasteiger partial charge on any atom is 0.487 e. The topological polar surface area (TPSA) is 130 Å². The van der Waals surface area contributed by atoms with Gasteiger partial charge in [0.2, 0.25) is 11.8 Å². The fraction of sp³-hybridized carbons (Fsp3) is 0.333. The molecular formula is C24H22BClN2O7. The highest BCUT2D eigenvalue weighted by Crippen LogP contribution is 2.53. The number of hydrogen-bond acceptors (Lipinski definition) is 7. The van der Waals surface area contributed by atoms with Crippen LogP contribution in [-0.4, -0.2) is 34.0 Å². The second-order valence-electron chi connectivity index (χ2n) is 9.06. The van der Waals surface area contributed by atoms with Crippen molar-refractivity contribution in [3.63, 3.8) is 0 Å². The van der Waals surface area contributed by atoms with Crippen molar-refractivity contribution in [3.8, 4) is 5.75 Å². The number of aromatic hydroxyl groups is 1. The third kappa shape index (κ3) is 3.82. The molecule has 2 N–H and O–H groups in total. The zero-order valence-electron chi connectivity index (χ0n) is 18.8. The van der Waals surface area contributed by atoms with Crippen molar-refractivity contribution in [2.75, 3.05) is 4.90 Å². The minimum absolute atomic E-state index is 0.00847. The van der Waals surface area contributed by atoms with Crippen LogP contribution in [0.2, 0.25) is 5.02 Å². The van der Waals surface area contributed by atoms with Gasteiger partial charge in [-0.05, 0) is 54.4 Å². The summed E-state index contributed by atoms with van der Waals surface area (Å²) >= 11 is 6.33. The fourth-order valence-corrected chi connectivity index (χ4v) is 6.02. The van der Waals surface area contributed by atoms with Gasteiger partial charge in [-0.1, -0.05) is 36.2 Å². The van der Waals surface area contributed by atoms with Crippen LogP contribution in [0.4, 0.5) is 11.4 Å². The number of hydrogen-bond donors (Lipinski definition) is 2. The third-order valence-corrected chi connectivity index (χ3v) is 7.60. The molecule has 0 aromatic heterocycles. The molecule has 4 atom stereocenters. The maximum atomic E-state index is 13.7. The van der Waals surface area contributed by atoms with Crippen LogP contribution in [0, 0.1) is 27.9 Å². The molecule has 0 radical (unpaired) electrons. The molecule has 2 aliphatic heterocycles. The monoisotopic (exact) mass is 496 g/mol. The van der Waals surface area contributed by atoms with Crippen LogP contribution in [0.15, 0.2) is 53.5 Å². The summed E-state index contributed by atoms with van der Waals surface area (Å²) in [5.41, 5.74) is 2.02. The molecular weight excluding hydrogens is 475 g/mol. The molecule has 35 heavy (non-hydrogen) atoms. The van der Waals surface area contributed by atoms with E-state index in [-0.39, 0.29) is 22.1 Å². The lowest BCUT2D eigenvalue weighted by Gasteiger charge is -2.42. The van der Waals surface area contributed by atoms with Gasteiger partial charge < -0.3 is 14.8 Å². The number of imide groups is 1. The summed E-state index contributed by atoms with van der Waals surface area (Å²) in [6.45, 7) is 1.93. The summed E-state index contributed by atoms with van der Waals surface area (Å²) in [4.78, 5) is 38.9. The van der Waals surface area contributed by atoms with Crippen molar-refractivity contribution in [1.82, 2.24) is 0 Å². The second-order valence-corrected chi connectivity index (χ2v) is 9.47. The predicted octanol–water partition coefficient (Wildman–Crippen LogP) is 3.97. The number of allylic oxidation sites excluding steroid dienone is 2. The van der Waals surface area contributed by atoms with E-state index < -0.39 is 47.7 Å². The number of carbonyl (C=O) groups excluding carboxylic acids is 2. The summed E-state index contributed by atoms with van der Waals surface area (Å²) in [5, 5.41) is 32.2. The Balaban J connectivity index is 1.54. The largest absolute Gasteiger partial charge is 0.508 e. The molecule has 0 unspecified atom stereocenters. The summed E-state index contributed by atoms with van der Waals surface area (Å²) in [6.07, 6.45) is 0.550. The minimum atomic E-state index is -1.27. The highest BCUT2D eigenvalue weighted by atomic mass is 35.5. The van der Waals surface area contributed by atoms with Gasteiger partial charge in [-0.2, -0.15) is 0 Å². The first-order valence-corrected chi connectivity index (χ1v) is 11.7. The van der Waals surface area contributed by atoms with Crippen LogP contribution in [0.25, 0.3) is 0 Å². The van der Waals surface area contributed by atoms with Gasteiger partial charge in [0.15, 0.2) is 0 Å². The first-order valence-electron chi connectivity index (χ1n) is 11.4. The van der Waals surface area contributed by atoms with Crippen molar-refractivity contribution >= 4 is 41.9 Å². The van der Waals surface area contributed by atoms with Gasteiger partial charge in [0.05, 0.1) is 28.6 Å². The second kappa shape index (κ2) is 8.78. The summed E-state index contributed by atoms with van der Waals surface area (Å²) in [5.74, 6) is -2.68. The highest BCUT2D eigenvalue weighted by molar-refractivity contribution is 6.53. The summed E-state index contributed by atoms with van der Waals surface area (Å²) < 4.78 is 5.91. The van der Waals surface area contributed by atoms with Gasteiger partial charge in [-0.15, -0.1) is 0 Å². The molecule has 2 aromatic rings. The molecule has 2 saturated heterocycles. The van der Waals surface area contributed by atoms with Crippen LogP contribution in [-0.2, 0) is 14.2 Å². The van der Waals surface area contributed by atoms with Gasteiger partial charge in [0.1, 0.15) is 5.75 Å². The van der Waals surface area contributed by atoms with Crippen LogP contribution in [0.5, 0.6) is 5.75 Å². The fourth-order valence-electron chi connectivity index (χ4n) is 5.73. The lowest BCUT2D eigenvalue weighted by molar-refractivity contribution is -0.384. The van der Waals surface area contributed by atoms with Crippen molar-refractivity contribution in [2.45, 2.75) is 32.3 Å². The Hall–Kier alpha value is -3.21. The zero-order valence-corrected chi connectivity index (χ0v) is 19.5. The molecule has 1 aliphatic carbocycles. The molecule has 180 valence electrons. The molecule has 2 fully saturated rings. The Kier molecular flexibility index (Phi) is 5.90. The van der Waals surface area contributed by atoms with E-state index in [1.807, 2.05) is 6.92 Å². The van der Waals surface area contributed by atoms with Crippen LogP contribution in [0.3, 0.4) is 0 Å². The number of rotatable bonds is 4. The molecule has 0 saturated carbocycles. The van der Waals surface area contributed by atoms with Gasteiger partial charge in [0.25, 0.3) is 5.69 Å². The predicted molar refractivity (Wildman–Crippen MR) is 128 cm³/mol. The highest BCUT2D eigenvalue weighted by Gasteiger charge is 2.58. The van der Waals surface area contributed by atoms with Gasteiger partial charge in [-0.25, -0.2) is 4.90 Å². The molecule has 0 bridgehead atoms. The molecule has 2 amide bonds. The summed E-state index contributed by atoms with van der Waals surface area (Å²) in [6, 6.07) is 9.94. The Morgan fingerprint density at radius 3 is 2.66 bits per heavy atom. The first kappa shape index (κ1) is 23.5. The van der Waals surface area contributed by atoms with E-state index in [0.717, 1.165) is 10.5 Å². The SMILES string of the molecule is CCC1=C2B(O)O[C@H](c3ccc(O)cc3Cl)C[C@H]2[C@H]2C(=O)N(c3cccc([N+](=O)[O-])c3)C(=O)[C@H]2C1. The minimum Gasteiger partial charge on any atom is -0.508 e. The Morgan fingerprint density at radius 2 is 1.97 bits per heavy atom. The third-order valence-electron chi connectivity index (χ3n) is 7.27. The van der Waals surface area contributed by atoms with Gasteiger partial charge in [-0.3, -0.25) is 19.7 Å². The maximum absolute atomic E-state index is 13.7. The number of nitrogens with zero attached hydrogens (tertiary/aromatic N) is 2. The first-order chi connectivity index (χ1) is 16.7. The Morgan fingerprint density at radius 1 is 1.20 bits per heavy atom. The van der Waals surface area contributed by atoms with Crippen LogP contribution < -0.4 is 4.90 Å². The number of phenolic OH excluding ortho intramolecular Hbond substituents is 1.